The van der Waals surface area contributed by atoms with Gasteiger partial charge in [-0.1, -0.05) is 43.3 Å². The van der Waals surface area contributed by atoms with Crippen molar-refractivity contribution in [3.05, 3.63) is 65.7 Å². The fraction of sp³-hybridized carbons (Fsp3) is 0.423. The Morgan fingerprint density at radius 1 is 1.00 bits per heavy atom. The van der Waals surface area contributed by atoms with Gasteiger partial charge in [0, 0.05) is 44.9 Å². The molecule has 0 aromatic heterocycles. The van der Waals surface area contributed by atoms with Crippen molar-refractivity contribution in [2.45, 2.75) is 38.0 Å². The molecule has 1 N–H and O–H groups in total. The van der Waals surface area contributed by atoms with Crippen molar-refractivity contribution in [1.82, 2.24) is 10.2 Å². The van der Waals surface area contributed by atoms with Crippen molar-refractivity contribution >= 4 is 23.3 Å². The molecule has 2 aromatic rings. The number of hydrogen-bond acceptors (Lipinski definition) is 4. The number of benzene rings is 2. The molecule has 0 spiro atoms. The SMILES string of the molecule is CCCC(=O)C1(c2ccccc2)CCN(C(=O)CNC(=O)c2cccc(N(C)C)c2)CC1. The van der Waals surface area contributed by atoms with E-state index < -0.39 is 5.41 Å². The van der Waals surface area contributed by atoms with E-state index in [0.29, 0.717) is 37.9 Å². The molecule has 1 aliphatic heterocycles. The molecule has 32 heavy (non-hydrogen) atoms. The van der Waals surface area contributed by atoms with Crippen LogP contribution in [0.4, 0.5) is 5.69 Å². The van der Waals surface area contributed by atoms with Crippen molar-refractivity contribution in [2.24, 2.45) is 0 Å². The maximum Gasteiger partial charge on any atom is 0.251 e. The number of Topliss-reactive ketones (excluding diaryl/α,β-unsaturated/α-hetero) is 1. The molecule has 3 rings (SSSR count). The minimum absolute atomic E-state index is 0.0493. The Morgan fingerprint density at radius 2 is 1.69 bits per heavy atom. The maximum atomic E-state index is 13.1. The van der Waals surface area contributed by atoms with Crippen LogP contribution in [0.2, 0.25) is 0 Å². The van der Waals surface area contributed by atoms with Gasteiger partial charge in [0.25, 0.3) is 5.91 Å². The molecule has 2 aromatic carbocycles. The highest BCUT2D eigenvalue weighted by atomic mass is 16.2. The van der Waals surface area contributed by atoms with E-state index in [1.807, 2.05) is 68.4 Å². The van der Waals surface area contributed by atoms with Crippen LogP contribution in [0.5, 0.6) is 0 Å². The Kier molecular flexibility index (Phi) is 7.67. The first-order valence-corrected chi connectivity index (χ1v) is 11.3. The lowest BCUT2D eigenvalue weighted by Gasteiger charge is -2.41. The Bertz CT molecular complexity index is 948. The largest absolute Gasteiger partial charge is 0.378 e. The molecule has 6 nitrogen and oxygen atoms in total. The number of piperidine rings is 1. The summed E-state index contributed by atoms with van der Waals surface area (Å²) in [7, 11) is 3.83. The van der Waals surface area contributed by atoms with Crippen LogP contribution in [-0.4, -0.2) is 56.2 Å². The first-order valence-electron chi connectivity index (χ1n) is 11.3. The first-order chi connectivity index (χ1) is 15.4. The van der Waals surface area contributed by atoms with Crippen molar-refractivity contribution in [2.75, 3.05) is 38.6 Å². The van der Waals surface area contributed by atoms with Crippen LogP contribution in [0.25, 0.3) is 0 Å². The number of ketones is 1. The number of rotatable bonds is 8. The highest BCUT2D eigenvalue weighted by Crippen LogP contribution is 2.37. The predicted molar refractivity (Wildman–Crippen MR) is 127 cm³/mol. The fourth-order valence-electron chi connectivity index (χ4n) is 4.38. The Hall–Kier alpha value is -3.15. The Balaban J connectivity index is 1.61. The minimum Gasteiger partial charge on any atom is -0.378 e. The monoisotopic (exact) mass is 435 g/mol. The summed E-state index contributed by atoms with van der Waals surface area (Å²) in [6.45, 7) is 2.99. The van der Waals surface area contributed by atoms with Gasteiger partial charge in [0.15, 0.2) is 0 Å². The minimum atomic E-state index is -0.524. The van der Waals surface area contributed by atoms with Gasteiger partial charge in [0.2, 0.25) is 5.91 Å². The summed E-state index contributed by atoms with van der Waals surface area (Å²) in [5.41, 5.74) is 1.97. The number of hydrogen-bond donors (Lipinski definition) is 1. The summed E-state index contributed by atoms with van der Waals surface area (Å²) >= 11 is 0. The molecule has 170 valence electrons. The zero-order chi connectivity index (χ0) is 23.1. The number of anilines is 1. The van der Waals surface area contributed by atoms with Crippen LogP contribution in [0.3, 0.4) is 0 Å². The van der Waals surface area contributed by atoms with E-state index in [1.165, 1.54) is 0 Å². The molecule has 0 bridgehead atoms. The summed E-state index contributed by atoms with van der Waals surface area (Å²) in [6.07, 6.45) is 2.59. The summed E-state index contributed by atoms with van der Waals surface area (Å²) in [6, 6.07) is 17.2. The van der Waals surface area contributed by atoms with E-state index in [1.54, 1.807) is 17.0 Å². The van der Waals surface area contributed by atoms with E-state index in [-0.39, 0.29) is 24.1 Å². The van der Waals surface area contributed by atoms with Gasteiger partial charge in [-0.2, -0.15) is 0 Å². The number of carbonyl (C=O) groups is 3. The highest BCUT2D eigenvalue weighted by molar-refractivity contribution is 5.97. The fourth-order valence-corrected chi connectivity index (χ4v) is 4.38. The molecule has 1 saturated heterocycles. The van der Waals surface area contributed by atoms with E-state index in [2.05, 4.69) is 5.32 Å². The number of likely N-dealkylation sites (tertiary alicyclic amines) is 1. The van der Waals surface area contributed by atoms with Gasteiger partial charge in [-0.3, -0.25) is 14.4 Å². The van der Waals surface area contributed by atoms with Gasteiger partial charge in [-0.15, -0.1) is 0 Å². The van der Waals surface area contributed by atoms with Crippen LogP contribution in [-0.2, 0) is 15.0 Å². The topological polar surface area (TPSA) is 69.7 Å². The molecular weight excluding hydrogens is 402 g/mol. The third kappa shape index (κ3) is 5.18. The van der Waals surface area contributed by atoms with E-state index in [9.17, 15) is 14.4 Å². The van der Waals surface area contributed by atoms with E-state index in [0.717, 1.165) is 17.7 Å². The average molecular weight is 436 g/mol. The second kappa shape index (κ2) is 10.4. The third-order valence-corrected chi connectivity index (χ3v) is 6.33. The Labute approximate surface area is 190 Å². The van der Waals surface area contributed by atoms with Crippen LogP contribution in [0.1, 0.15) is 48.5 Å². The second-order valence-electron chi connectivity index (χ2n) is 8.63. The smallest absolute Gasteiger partial charge is 0.251 e. The van der Waals surface area contributed by atoms with Gasteiger partial charge in [-0.25, -0.2) is 0 Å². The molecular formula is C26H33N3O3. The quantitative estimate of drug-likeness (QED) is 0.690. The van der Waals surface area contributed by atoms with Crippen molar-refractivity contribution in [3.63, 3.8) is 0 Å². The predicted octanol–water partition coefficient (Wildman–Crippen LogP) is 3.41. The van der Waals surface area contributed by atoms with Crippen LogP contribution in [0.15, 0.2) is 54.6 Å². The molecule has 6 heteroatoms. The third-order valence-electron chi connectivity index (χ3n) is 6.33. The average Bonchev–Trinajstić information content (AvgIpc) is 2.83. The van der Waals surface area contributed by atoms with Gasteiger partial charge in [0.1, 0.15) is 5.78 Å². The number of nitrogens with one attached hydrogen (secondary N) is 1. The van der Waals surface area contributed by atoms with Gasteiger partial charge < -0.3 is 15.1 Å². The van der Waals surface area contributed by atoms with Gasteiger partial charge >= 0.3 is 0 Å². The molecule has 1 fully saturated rings. The first kappa shape index (κ1) is 23.5. The molecule has 2 amide bonds. The van der Waals surface area contributed by atoms with Crippen LogP contribution < -0.4 is 10.2 Å². The maximum absolute atomic E-state index is 13.1. The lowest BCUT2D eigenvalue weighted by molar-refractivity contribution is -0.135. The molecule has 1 heterocycles. The van der Waals surface area contributed by atoms with Crippen LogP contribution >= 0.6 is 0 Å². The summed E-state index contributed by atoms with van der Waals surface area (Å²) in [5, 5.41) is 2.74. The normalized spacial score (nSPS) is 15.2. The molecule has 1 aliphatic rings. The summed E-state index contributed by atoms with van der Waals surface area (Å²) in [5.74, 6) is -0.130. The molecule has 0 radical (unpaired) electrons. The summed E-state index contributed by atoms with van der Waals surface area (Å²) in [4.78, 5) is 42.0. The number of amides is 2. The molecule has 0 atom stereocenters. The standard InChI is InChI=1S/C26H33N3O3/c1-4-9-23(30)26(21-11-6-5-7-12-21)14-16-29(17-15-26)24(31)19-27-25(32)20-10-8-13-22(18-20)28(2)3/h5-8,10-13,18H,4,9,14-17,19H2,1-3H3,(H,27,32). The zero-order valence-electron chi connectivity index (χ0n) is 19.3. The summed E-state index contributed by atoms with van der Waals surface area (Å²) < 4.78 is 0. The van der Waals surface area contributed by atoms with Crippen molar-refractivity contribution < 1.29 is 14.4 Å². The number of carbonyl (C=O) groups excluding carboxylic acids is 3. The lowest BCUT2D eigenvalue weighted by atomic mass is 9.68. The zero-order valence-corrected chi connectivity index (χ0v) is 19.3. The molecule has 0 unspecified atom stereocenters. The van der Waals surface area contributed by atoms with Gasteiger partial charge in [-0.05, 0) is 43.0 Å². The van der Waals surface area contributed by atoms with E-state index in [4.69, 9.17) is 0 Å². The Morgan fingerprint density at radius 3 is 2.31 bits per heavy atom. The van der Waals surface area contributed by atoms with Crippen LogP contribution in [0, 0.1) is 0 Å². The van der Waals surface area contributed by atoms with Crippen molar-refractivity contribution in [3.8, 4) is 0 Å². The van der Waals surface area contributed by atoms with Crippen molar-refractivity contribution in [1.29, 1.82) is 0 Å². The highest BCUT2D eigenvalue weighted by Gasteiger charge is 2.42. The molecule has 0 saturated carbocycles. The second-order valence-corrected chi connectivity index (χ2v) is 8.63. The lowest BCUT2D eigenvalue weighted by Crippen LogP contribution is -2.51. The van der Waals surface area contributed by atoms with Gasteiger partial charge in [0.05, 0.1) is 12.0 Å². The van der Waals surface area contributed by atoms with E-state index >= 15 is 0 Å². The number of nitrogens with zero attached hydrogens (tertiary/aromatic N) is 2. The molecule has 0 aliphatic carbocycles.